The van der Waals surface area contributed by atoms with Gasteiger partial charge >= 0.3 is 0 Å². The van der Waals surface area contributed by atoms with Crippen LogP contribution < -0.4 is 9.64 Å². The Morgan fingerprint density at radius 2 is 2.07 bits per heavy atom. The molecule has 8 heteroatoms. The Kier molecular flexibility index (Phi) is 5.32. The van der Waals surface area contributed by atoms with Crippen LogP contribution in [0.1, 0.15) is 36.3 Å². The second kappa shape index (κ2) is 7.89. The summed E-state index contributed by atoms with van der Waals surface area (Å²) in [5, 5.41) is 9.25. The topological polar surface area (TPSA) is 68.2 Å². The smallest absolute Gasteiger partial charge is 0.247 e. The molecule has 0 N–H and O–H groups in total. The summed E-state index contributed by atoms with van der Waals surface area (Å²) in [6, 6.07) is 11.7. The van der Waals surface area contributed by atoms with Crippen molar-refractivity contribution in [2.75, 3.05) is 10.7 Å². The molecular formula is C20H20N4O2S2. The highest BCUT2D eigenvalue weighted by Gasteiger charge is 2.35. The van der Waals surface area contributed by atoms with E-state index >= 15 is 0 Å². The van der Waals surface area contributed by atoms with Gasteiger partial charge in [-0.15, -0.1) is 21.5 Å². The van der Waals surface area contributed by atoms with Crippen molar-refractivity contribution in [2.24, 2.45) is 0 Å². The Bertz CT molecular complexity index is 1020. The Morgan fingerprint density at radius 3 is 2.79 bits per heavy atom. The predicted molar refractivity (Wildman–Crippen MR) is 112 cm³/mol. The summed E-state index contributed by atoms with van der Waals surface area (Å²) < 4.78 is 6.32. The number of carbonyl (C=O) groups is 1. The molecule has 0 unspecified atom stereocenters. The maximum Gasteiger partial charge on any atom is 0.247 e. The van der Waals surface area contributed by atoms with Crippen molar-refractivity contribution >= 4 is 34.7 Å². The molecule has 1 amide bonds. The van der Waals surface area contributed by atoms with E-state index in [9.17, 15) is 4.79 Å². The molecule has 1 aliphatic heterocycles. The van der Waals surface area contributed by atoms with Gasteiger partial charge in [0, 0.05) is 23.1 Å². The molecule has 2 aromatic heterocycles. The molecule has 1 aliphatic rings. The molecule has 3 heterocycles. The fourth-order valence-electron chi connectivity index (χ4n) is 3.08. The number of benzene rings is 1. The van der Waals surface area contributed by atoms with Crippen molar-refractivity contribution in [3.63, 3.8) is 0 Å². The fraction of sp³-hybridized carbons (Fsp3) is 0.300. The Balaban J connectivity index is 1.89. The number of para-hydroxylation sites is 1. The van der Waals surface area contributed by atoms with Crippen molar-refractivity contribution in [2.45, 2.75) is 38.6 Å². The lowest BCUT2D eigenvalue weighted by molar-refractivity contribution is -0.118. The number of rotatable bonds is 4. The average molecular weight is 413 g/mol. The summed E-state index contributed by atoms with van der Waals surface area (Å²) in [6.45, 7) is 5.69. The molecule has 0 aliphatic carbocycles. The monoisotopic (exact) mass is 412 g/mol. The van der Waals surface area contributed by atoms with E-state index < -0.39 is 6.23 Å². The maximum atomic E-state index is 12.7. The zero-order valence-electron chi connectivity index (χ0n) is 15.9. The van der Waals surface area contributed by atoms with Gasteiger partial charge in [0.1, 0.15) is 0 Å². The van der Waals surface area contributed by atoms with Gasteiger partial charge in [-0.25, -0.2) is 0 Å². The van der Waals surface area contributed by atoms with Gasteiger partial charge in [-0.3, -0.25) is 9.69 Å². The molecule has 0 bridgehead atoms. The molecule has 1 aromatic carbocycles. The van der Waals surface area contributed by atoms with E-state index in [0.29, 0.717) is 16.7 Å². The summed E-state index contributed by atoms with van der Waals surface area (Å²) in [4.78, 5) is 21.0. The first-order valence-corrected chi connectivity index (χ1v) is 10.9. The molecule has 0 saturated carbocycles. The van der Waals surface area contributed by atoms with Crippen molar-refractivity contribution in [3.8, 4) is 17.1 Å². The highest BCUT2D eigenvalue weighted by atomic mass is 32.2. The largest absolute Gasteiger partial charge is 0.446 e. The summed E-state index contributed by atoms with van der Waals surface area (Å²) in [7, 11) is 0. The van der Waals surface area contributed by atoms with Crippen LogP contribution in [-0.2, 0) is 4.79 Å². The highest BCUT2D eigenvalue weighted by molar-refractivity contribution is 7.99. The van der Waals surface area contributed by atoms with Gasteiger partial charge < -0.3 is 4.74 Å². The van der Waals surface area contributed by atoms with E-state index in [0.717, 1.165) is 33.2 Å². The van der Waals surface area contributed by atoms with Crippen LogP contribution in [0.5, 0.6) is 5.88 Å². The van der Waals surface area contributed by atoms with E-state index in [4.69, 9.17) is 4.74 Å². The van der Waals surface area contributed by atoms with Gasteiger partial charge in [-0.2, -0.15) is 4.98 Å². The van der Waals surface area contributed by atoms with Gasteiger partial charge in [0.2, 0.25) is 23.2 Å². The van der Waals surface area contributed by atoms with Gasteiger partial charge in [-0.05, 0) is 31.5 Å². The number of hydrogen-bond acceptors (Lipinski definition) is 7. The van der Waals surface area contributed by atoms with E-state index in [1.165, 1.54) is 0 Å². The maximum absolute atomic E-state index is 12.7. The highest BCUT2D eigenvalue weighted by Crippen LogP contribution is 2.44. The number of ether oxygens (including phenoxy) is 1. The number of nitrogens with zero attached hydrogens (tertiary/aromatic N) is 4. The Hall–Kier alpha value is -2.45. The summed E-state index contributed by atoms with van der Waals surface area (Å²) in [5.41, 5.74) is 2.09. The van der Waals surface area contributed by atoms with Crippen molar-refractivity contribution < 1.29 is 9.53 Å². The van der Waals surface area contributed by atoms with E-state index in [-0.39, 0.29) is 5.91 Å². The van der Waals surface area contributed by atoms with Crippen LogP contribution in [-0.4, -0.2) is 26.8 Å². The number of aryl methyl sites for hydroxylation is 1. The predicted octanol–water partition coefficient (Wildman–Crippen LogP) is 4.85. The molecule has 0 fully saturated rings. The fourth-order valence-corrected chi connectivity index (χ4v) is 4.61. The van der Waals surface area contributed by atoms with Crippen LogP contribution >= 0.6 is 23.1 Å². The SMILES string of the molecule is CCCSc1nnc2c(n1)O[C@@H](c1ccc(C)s1)N(C(C)=O)c1ccccc1-2. The second-order valence-corrected chi connectivity index (χ2v) is 8.80. The van der Waals surface area contributed by atoms with E-state index in [2.05, 4.69) is 22.1 Å². The molecule has 3 aromatic rings. The number of amides is 1. The third-order valence-electron chi connectivity index (χ3n) is 4.29. The zero-order chi connectivity index (χ0) is 19.7. The lowest BCUT2D eigenvalue weighted by Crippen LogP contribution is -2.35. The minimum absolute atomic E-state index is 0.107. The van der Waals surface area contributed by atoms with Gasteiger partial charge in [0.05, 0.1) is 10.6 Å². The number of thioether (sulfide) groups is 1. The van der Waals surface area contributed by atoms with Crippen LogP contribution in [0.2, 0.25) is 0 Å². The molecule has 28 heavy (non-hydrogen) atoms. The molecular weight excluding hydrogens is 392 g/mol. The Labute approximate surface area is 172 Å². The summed E-state index contributed by atoms with van der Waals surface area (Å²) in [6.07, 6.45) is 0.420. The molecule has 1 atom stereocenters. The number of carbonyl (C=O) groups excluding carboxylic acids is 1. The average Bonchev–Trinajstić information content (AvgIpc) is 3.06. The minimum atomic E-state index is -0.598. The van der Waals surface area contributed by atoms with Gasteiger partial charge in [0.25, 0.3) is 0 Å². The summed E-state index contributed by atoms with van der Waals surface area (Å²) in [5.74, 6) is 1.20. The molecule has 144 valence electrons. The standard InChI is InChI=1S/C20H20N4O2S2/c1-4-11-27-20-21-18-17(22-23-20)14-7-5-6-8-15(14)24(13(3)25)19(26-18)16-10-9-12(2)28-16/h5-10,19H,4,11H2,1-3H3/t19-/m0/s1. The van der Waals surface area contributed by atoms with Crippen LogP contribution in [0.3, 0.4) is 0 Å². The van der Waals surface area contributed by atoms with Crippen LogP contribution in [0.25, 0.3) is 11.3 Å². The molecule has 4 rings (SSSR count). The number of anilines is 1. The lowest BCUT2D eigenvalue weighted by atomic mass is 10.1. The molecule has 0 radical (unpaired) electrons. The first-order chi connectivity index (χ1) is 13.6. The van der Waals surface area contributed by atoms with E-state index in [1.807, 2.05) is 43.3 Å². The zero-order valence-corrected chi connectivity index (χ0v) is 17.5. The molecule has 6 nitrogen and oxygen atoms in total. The number of fused-ring (bicyclic) bond motifs is 3. The third-order valence-corrected chi connectivity index (χ3v) is 6.37. The quantitative estimate of drug-likeness (QED) is 0.570. The minimum Gasteiger partial charge on any atom is -0.446 e. The second-order valence-electron chi connectivity index (χ2n) is 6.42. The number of aromatic nitrogens is 3. The first-order valence-electron chi connectivity index (χ1n) is 9.08. The van der Waals surface area contributed by atoms with Gasteiger partial charge in [-0.1, -0.05) is 36.9 Å². The summed E-state index contributed by atoms with van der Waals surface area (Å²) >= 11 is 3.15. The molecule has 0 spiro atoms. The van der Waals surface area contributed by atoms with E-state index in [1.54, 1.807) is 34.9 Å². The number of thiophene rings is 1. The van der Waals surface area contributed by atoms with Crippen LogP contribution in [0.15, 0.2) is 41.6 Å². The normalized spacial score (nSPS) is 15.4. The van der Waals surface area contributed by atoms with Crippen LogP contribution in [0.4, 0.5) is 5.69 Å². The van der Waals surface area contributed by atoms with Crippen molar-refractivity contribution in [3.05, 3.63) is 46.2 Å². The Morgan fingerprint density at radius 1 is 1.25 bits per heavy atom. The van der Waals surface area contributed by atoms with Crippen molar-refractivity contribution in [1.29, 1.82) is 0 Å². The first kappa shape index (κ1) is 18.9. The molecule has 0 saturated heterocycles. The van der Waals surface area contributed by atoms with Crippen LogP contribution in [0, 0.1) is 6.92 Å². The van der Waals surface area contributed by atoms with Crippen molar-refractivity contribution in [1.82, 2.24) is 15.2 Å². The number of hydrogen-bond donors (Lipinski definition) is 0. The lowest BCUT2D eigenvalue weighted by Gasteiger charge is -2.28. The van der Waals surface area contributed by atoms with Gasteiger partial charge in [0.15, 0.2) is 5.69 Å². The third kappa shape index (κ3) is 3.49.